The van der Waals surface area contributed by atoms with Crippen LogP contribution in [0.4, 0.5) is 4.79 Å². The van der Waals surface area contributed by atoms with E-state index in [0.29, 0.717) is 10.5 Å². The van der Waals surface area contributed by atoms with Crippen LogP contribution < -0.4 is 0 Å². The molecule has 0 radical (unpaired) electrons. The molecule has 0 aliphatic heterocycles. The second-order valence-electron chi connectivity index (χ2n) is 2.36. The summed E-state index contributed by atoms with van der Waals surface area (Å²) in [4.78, 5) is 10.8. The minimum Gasteiger partial charge on any atom is -0.424 e. The topological polar surface area (TPSA) is 35.5 Å². The Morgan fingerprint density at radius 1 is 1.58 bits per heavy atom. The van der Waals surface area contributed by atoms with E-state index in [4.69, 9.17) is 4.74 Å². The molecule has 0 N–H and O–H groups in total. The van der Waals surface area contributed by atoms with Crippen LogP contribution in [0.2, 0.25) is 0 Å². The molecule has 3 nitrogen and oxygen atoms in total. The van der Waals surface area contributed by atoms with Crippen molar-refractivity contribution in [2.24, 2.45) is 5.92 Å². The summed E-state index contributed by atoms with van der Waals surface area (Å²) >= 11 is 4.05. The largest absolute Gasteiger partial charge is 0.510 e. The fourth-order valence-corrected chi connectivity index (χ4v) is 1.44. The predicted molar refractivity (Wildman–Crippen MR) is 63.7 cm³/mol. The first-order valence-electron chi connectivity index (χ1n) is 3.65. The van der Waals surface area contributed by atoms with Crippen molar-refractivity contribution < 1.29 is 14.3 Å². The lowest BCUT2D eigenvalue weighted by molar-refractivity contribution is 0.0533. The monoisotopic (exact) mass is 398 g/mol. The van der Waals surface area contributed by atoms with Crippen LogP contribution in [-0.2, 0) is 9.47 Å². The molecule has 0 rings (SSSR count). The van der Waals surface area contributed by atoms with Gasteiger partial charge in [0, 0.05) is 5.92 Å². The maximum atomic E-state index is 10.8. The van der Waals surface area contributed by atoms with E-state index in [9.17, 15) is 4.79 Å². The van der Waals surface area contributed by atoms with Gasteiger partial charge in [0.2, 0.25) is 0 Å². The number of rotatable bonds is 4. The number of ether oxygens (including phenoxy) is 2. The Hall–Kier alpha value is 0.730. The molecule has 0 aromatic heterocycles. The molecule has 0 saturated carbocycles. The van der Waals surface area contributed by atoms with Gasteiger partial charge in [0.25, 0.3) is 0 Å². The lowest BCUT2D eigenvalue weighted by Gasteiger charge is -2.16. The normalized spacial score (nSPS) is 15.0. The van der Waals surface area contributed by atoms with Gasteiger partial charge < -0.3 is 9.47 Å². The van der Waals surface area contributed by atoms with Crippen LogP contribution in [0.25, 0.3) is 0 Å². The number of halogens is 2. The molecule has 72 valence electrons. The Kier molecular flexibility index (Phi) is 7.60. The van der Waals surface area contributed by atoms with Crippen molar-refractivity contribution in [3.8, 4) is 0 Å². The Bertz CT molecular complexity index is 141. The first-order valence-corrected chi connectivity index (χ1v) is 6.42. The molecule has 0 heterocycles. The van der Waals surface area contributed by atoms with Gasteiger partial charge >= 0.3 is 6.16 Å². The summed E-state index contributed by atoms with van der Waals surface area (Å²) < 4.78 is 9.83. The average molecular weight is 398 g/mol. The number of alkyl halides is 2. The summed E-state index contributed by atoms with van der Waals surface area (Å²) in [5.74, 6) is 0.368. The molecule has 0 aliphatic rings. The molecule has 0 fully saturated rings. The van der Waals surface area contributed by atoms with Gasteiger partial charge in [-0.1, -0.05) is 13.8 Å². The predicted octanol–water partition coefficient (Wildman–Crippen LogP) is 3.34. The second kappa shape index (κ2) is 7.16. The van der Waals surface area contributed by atoms with Crippen molar-refractivity contribution in [1.29, 1.82) is 0 Å². The van der Waals surface area contributed by atoms with Crippen LogP contribution in [-0.4, -0.2) is 14.9 Å². The molecule has 0 aromatic carbocycles. The van der Waals surface area contributed by atoms with Gasteiger partial charge in [0.15, 0.2) is 4.11 Å². The summed E-state index contributed by atoms with van der Waals surface area (Å²) in [5, 5.41) is 0. The highest BCUT2D eigenvalue weighted by Gasteiger charge is 2.17. The van der Waals surface area contributed by atoms with E-state index in [-0.39, 0.29) is 4.11 Å². The van der Waals surface area contributed by atoms with Crippen LogP contribution in [0, 0.1) is 5.92 Å². The van der Waals surface area contributed by atoms with Crippen molar-refractivity contribution >= 4 is 51.3 Å². The standard InChI is InChI=1S/C7H12I2O3/c1-3-5(2)6(9)12-7(10)11-4-8/h5-6H,3-4H2,1-2H3/t5?,6-/m1/s1. The summed E-state index contributed by atoms with van der Waals surface area (Å²) in [5.41, 5.74) is 0. The Labute approximate surface area is 99.8 Å². The first-order chi connectivity index (χ1) is 5.61. The van der Waals surface area contributed by atoms with Crippen LogP contribution in [0.5, 0.6) is 0 Å². The van der Waals surface area contributed by atoms with E-state index in [1.807, 2.05) is 29.5 Å². The lowest BCUT2D eigenvalue weighted by atomic mass is 10.1. The fraction of sp³-hybridized carbons (Fsp3) is 0.857. The molecule has 0 amide bonds. The maximum Gasteiger partial charge on any atom is 0.510 e. The molecule has 5 heteroatoms. The summed E-state index contributed by atoms with van der Waals surface area (Å²) in [6.45, 7) is 4.10. The molecule has 0 saturated heterocycles. The van der Waals surface area contributed by atoms with Crippen molar-refractivity contribution in [2.45, 2.75) is 24.4 Å². The van der Waals surface area contributed by atoms with Gasteiger partial charge in [0.1, 0.15) is 4.61 Å². The van der Waals surface area contributed by atoms with Crippen molar-refractivity contribution in [3.63, 3.8) is 0 Å². The number of hydrogen-bond donors (Lipinski definition) is 0. The van der Waals surface area contributed by atoms with E-state index in [2.05, 4.69) is 34.3 Å². The molecule has 2 atom stereocenters. The lowest BCUT2D eigenvalue weighted by Crippen LogP contribution is -2.19. The smallest absolute Gasteiger partial charge is 0.424 e. The maximum absolute atomic E-state index is 10.8. The molecule has 0 aromatic rings. The van der Waals surface area contributed by atoms with Crippen molar-refractivity contribution in [3.05, 3.63) is 0 Å². The van der Waals surface area contributed by atoms with Crippen LogP contribution in [0.3, 0.4) is 0 Å². The number of carbonyl (C=O) groups is 1. The molecule has 12 heavy (non-hydrogen) atoms. The summed E-state index contributed by atoms with van der Waals surface area (Å²) in [7, 11) is 0. The van der Waals surface area contributed by atoms with Crippen LogP contribution in [0.1, 0.15) is 20.3 Å². The zero-order chi connectivity index (χ0) is 9.56. The summed E-state index contributed by atoms with van der Waals surface area (Å²) in [6.07, 6.45) is 0.412. The molecule has 1 unspecified atom stereocenters. The molecule has 0 aliphatic carbocycles. The number of hydrogen-bond acceptors (Lipinski definition) is 3. The van der Waals surface area contributed by atoms with Gasteiger partial charge in [-0.25, -0.2) is 4.79 Å². The Morgan fingerprint density at radius 2 is 2.17 bits per heavy atom. The first kappa shape index (κ1) is 12.7. The summed E-state index contributed by atoms with van der Waals surface area (Å²) in [6, 6.07) is 0. The van der Waals surface area contributed by atoms with Gasteiger partial charge in [-0.05, 0) is 51.6 Å². The van der Waals surface area contributed by atoms with Gasteiger partial charge in [0.05, 0.1) is 0 Å². The quantitative estimate of drug-likeness (QED) is 0.414. The molecule has 0 bridgehead atoms. The van der Waals surface area contributed by atoms with Crippen molar-refractivity contribution in [2.75, 3.05) is 4.61 Å². The van der Waals surface area contributed by atoms with E-state index < -0.39 is 6.16 Å². The van der Waals surface area contributed by atoms with E-state index in [1.54, 1.807) is 0 Å². The number of carbonyl (C=O) groups excluding carboxylic acids is 1. The van der Waals surface area contributed by atoms with E-state index in [0.717, 1.165) is 6.42 Å². The van der Waals surface area contributed by atoms with Crippen LogP contribution >= 0.6 is 45.2 Å². The third-order valence-corrected chi connectivity index (χ3v) is 3.27. The minimum absolute atomic E-state index is 0.0944. The zero-order valence-electron chi connectivity index (χ0n) is 7.05. The highest BCUT2D eigenvalue weighted by atomic mass is 127. The fourth-order valence-electron chi connectivity index (χ4n) is 0.472. The average Bonchev–Trinajstić information content (AvgIpc) is 2.03. The highest BCUT2D eigenvalue weighted by molar-refractivity contribution is 14.1. The van der Waals surface area contributed by atoms with Crippen molar-refractivity contribution in [1.82, 2.24) is 0 Å². The Morgan fingerprint density at radius 3 is 2.58 bits per heavy atom. The highest BCUT2D eigenvalue weighted by Crippen LogP contribution is 2.18. The third-order valence-electron chi connectivity index (χ3n) is 1.47. The van der Waals surface area contributed by atoms with E-state index >= 15 is 0 Å². The third kappa shape index (κ3) is 5.39. The SMILES string of the molecule is CCC(C)[C@H](I)OC(=O)OCI. The van der Waals surface area contributed by atoms with Gasteiger partial charge in [-0.3, -0.25) is 0 Å². The van der Waals surface area contributed by atoms with Crippen LogP contribution in [0.15, 0.2) is 0 Å². The van der Waals surface area contributed by atoms with E-state index in [1.165, 1.54) is 0 Å². The van der Waals surface area contributed by atoms with Gasteiger partial charge in [-0.15, -0.1) is 0 Å². The Balaban J connectivity index is 3.67. The second-order valence-corrected chi connectivity index (χ2v) is 4.21. The zero-order valence-corrected chi connectivity index (χ0v) is 11.4. The molecular weight excluding hydrogens is 386 g/mol. The minimum atomic E-state index is -0.580. The molecule has 0 spiro atoms. The van der Waals surface area contributed by atoms with Gasteiger partial charge in [-0.2, -0.15) is 0 Å². The molecular formula is C7H12I2O3.